The van der Waals surface area contributed by atoms with Crippen LogP contribution in [0.1, 0.15) is 0 Å². The van der Waals surface area contributed by atoms with Crippen molar-refractivity contribution in [2.75, 3.05) is 0 Å². The normalized spacial score (nSPS) is 10.1. The van der Waals surface area contributed by atoms with Gasteiger partial charge < -0.3 is 4.57 Å². The van der Waals surface area contributed by atoms with Gasteiger partial charge in [-0.15, -0.1) is 0 Å². The zero-order valence-electron chi connectivity index (χ0n) is 6.37. The third-order valence-corrected chi connectivity index (χ3v) is 1.68. The Balaban J connectivity index is 2.55. The van der Waals surface area contributed by atoms with E-state index in [2.05, 4.69) is 6.07 Å². The SMILES string of the molecule is Fc1ccccc1-n1c[c]cc1. The quantitative estimate of drug-likeness (QED) is 0.603. The van der Waals surface area contributed by atoms with Gasteiger partial charge in [-0.05, 0) is 18.2 Å². The zero-order chi connectivity index (χ0) is 8.39. The van der Waals surface area contributed by atoms with Gasteiger partial charge in [-0.25, -0.2) is 4.39 Å². The second-order valence-corrected chi connectivity index (χ2v) is 2.47. The lowest BCUT2D eigenvalue weighted by atomic mass is 10.3. The molecule has 2 rings (SSSR count). The highest BCUT2D eigenvalue weighted by molar-refractivity contribution is 5.33. The molecule has 2 aromatic rings. The summed E-state index contributed by atoms with van der Waals surface area (Å²) in [6.45, 7) is 0. The Morgan fingerprint density at radius 2 is 2.08 bits per heavy atom. The van der Waals surface area contributed by atoms with Crippen molar-refractivity contribution in [3.05, 3.63) is 54.6 Å². The molecule has 1 nitrogen and oxygen atoms in total. The van der Waals surface area contributed by atoms with Crippen molar-refractivity contribution in [2.45, 2.75) is 0 Å². The lowest BCUT2D eigenvalue weighted by molar-refractivity contribution is 0.618. The van der Waals surface area contributed by atoms with E-state index in [4.69, 9.17) is 0 Å². The maximum Gasteiger partial charge on any atom is 0.147 e. The molecule has 0 fully saturated rings. The molecule has 2 heteroatoms. The van der Waals surface area contributed by atoms with E-state index in [0.717, 1.165) is 0 Å². The molecule has 0 N–H and O–H groups in total. The van der Waals surface area contributed by atoms with Crippen molar-refractivity contribution in [2.24, 2.45) is 0 Å². The predicted octanol–water partition coefficient (Wildman–Crippen LogP) is 2.42. The minimum Gasteiger partial charge on any atom is -0.321 e. The Morgan fingerprint density at radius 3 is 2.75 bits per heavy atom. The van der Waals surface area contributed by atoms with Gasteiger partial charge in [0.15, 0.2) is 0 Å². The van der Waals surface area contributed by atoms with Crippen molar-refractivity contribution in [3.8, 4) is 5.69 Å². The molecule has 0 spiro atoms. The lowest BCUT2D eigenvalue weighted by Gasteiger charge is -2.02. The van der Waals surface area contributed by atoms with Gasteiger partial charge in [0.05, 0.1) is 5.69 Å². The van der Waals surface area contributed by atoms with Crippen molar-refractivity contribution >= 4 is 0 Å². The molecule has 0 amide bonds. The average molecular weight is 160 g/mol. The van der Waals surface area contributed by atoms with Gasteiger partial charge in [-0.1, -0.05) is 12.1 Å². The molecule has 0 aliphatic rings. The van der Waals surface area contributed by atoms with E-state index in [9.17, 15) is 4.39 Å². The first-order valence-electron chi connectivity index (χ1n) is 3.67. The molecule has 1 aromatic heterocycles. The summed E-state index contributed by atoms with van der Waals surface area (Å²) in [7, 11) is 0. The smallest absolute Gasteiger partial charge is 0.147 e. The van der Waals surface area contributed by atoms with Crippen LogP contribution in [0.3, 0.4) is 0 Å². The summed E-state index contributed by atoms with van der Waals surface area (Å²) in [4.78, 5) is 0. The number of halogens is 1. The molecule has 0 bridgehead atoms. The van der Waals surface area contributed by atoms with Gasteiger partial charge >= 0.3 is 0 Å². The monoisotopic (exact) mass is 160 g/mol. The van der Waals surface area contributed by atoms with Gasteiger partial charge in [0.2, 0.25) is 0 Å². The fraction of sp³-hybridized carbons (Fsp3) is 0. The van der Waals surface area contributed by atoms with Gasteiger partial charge in [-0.2, -0.15) is 0 Å². The van der Waals surface area contributed by atoms with Gasteiger partial charge in [0.25, 0.3) is 0 Å². The van der Waals surface area contributed by atoms with Crippen LogP contribution < -0.4 is 0 Å². The molecule has 0 saturated heterocycles. The lowest BCUT2D eigenvalue weighted by Crippen LogP contribution is -1.92. The van der Waals surface area contributed by atoms with Crippen LogP contribution in [-0.4, -0.2) is 4.57 Å². The van der Waals surface area contributed by atoms with Crippen LogP contribution >= 0.6 is 0 Å². The van der Waals surface area contributed by atoms with Crippen molar-refractivity contribution in [3.63, 3.8) is 0 Å². The number of hydrogen-bond donors (Lipinski definition) is 0. The van der Waals surface area contributed by atoms with E-state index in [1.165, 1.54) is 6.07 Å². The predicted molar refractivity (Wildman–Crippen MR) is 44.6 cm³/mol. The summed E-state index contributed by atoms with van der Waals surface area (Å²) in [6, 6.07) is 11.2. The van der Waals surface area contributed by atoms with Gasteiger partial charge in [0, 0.05) is 18.5 Å². The molecule has 1 aromatic carbocycles. The fourth-order valence-corrected chi connectivity index (χ4v) is 1.10. The largest absolute Gasteiger partial charge is 0.321 e. The highest BCUT2D eigenvalue weighted by Crippen LogP contribution is 2.11. The zero-order valence-corrected chi connectivity index (χ0v) is 6.37. The van der Waals surface area contributed by atoms with E-state index in [-0.39, 0.29) is 5.82 Å². The van der Waals surface area contributed by atoms with E-state index in [1.54, 1.807) is 41.2 Å². The van der Waals surface area contributed by atoms with E-state index >= 15 is 0 Å². The fourth-order valence-electron chi connectivity index (χ4n) is 1.10. The summed E-state index contributed by atoms with van der Waals surface area (Å²) in [6.07, 6.45) is 3.46. The number of benzene rings is 1. The average Bonchev–Trinajstić information content (AvgIpc) is 2.57. The molecule has 0 saturated carbocycles. The van der Waals surface area contributed by atoms with Gasteiger partial charge in [-0.3, -0.25) is 0 Å². The van der Waals surface area contributed by atoms with Crippen molar-refractivity contribution in [1.82, 2.24) is 4.57 Å². The highest BCUT2D eigenvalue weighted by Gasteiger charge is 1.99. The molecule has 0 aliphatic heterocycles. The van der Waals surface area contributed by atoms with Crippen molar-refractivity contribution < 1.29 is 4.39 Å². The summed E-state index contributed by atoms with van der Waals surface area (Å²) in [5.41, 5.74) is 0.554. The number of aromatic nitrogens is 1. The highest BCUT2D eigenvalue weighted by atomic mass is 19.1. The standard InChI is InChI=1S/C10H7FN/c11-9-5-1-2-6-10(9)12-7-3-4-8-12/h1-3,5-8H. The summed E-state index contributed by atoms with van der Waals surface area (Å²) in [5, 5.41) is 0. The molecular weight excluding hydrogens is 153 g/mol. The molecule has 1 heterocycles. The van der Waals surface area contributed by atoms with Crippen LogP contribution in [0.5, 0.6) is 0 Å². The maximum atomic E-state index is 13.1. The Hall–Kier alpha value is -1.57. The Labute approximate surface area is 70.1 Å². The molecule has 0 atom stereocenters. The molecule has 0 unspecified atom stereocenters. The van der Waals surface area contributed by atoms with Crippen LogP contribution in [-0.2, 0) is 0 Å². The van der Waals surface area contributed by atoms with E-state index < -0.39 is 0 Å². The first-order chi connectivity index (χ1) is 5.88. The summed E-state index contributed by atoms with van der Waals surface area (Å²) < 4.78 is 14.8. The van der Waals surface area contributed by atoms with E-state index in [0.29, 0.717) is 5.69 Å². The maximum absolute atomic E-state index is 13.1. The molecule has 59 valence electrons. The third-order valence-electron chi connectivity index (χ3n) is 1.68. The first kappa shape index (κ1) is 7.10. The third kappa shape index (κ3) is 1.11. The van der Waals surface area contributed by atoms with Crippen LogP contribution in [0, 0.1) is 11.9 Å². The Bertz CT molecular complexity index is 365. The molecule has 12 heavy (non-hydrogen) atoms. The minimum atomic E-state index is -0.220. The molecule has 0 aliphatic carbocycles. The van der Waals surface area contributed by atoms with Crippen LogP contribution in [0.2, 0.25) is 0 Å². The molecular formula is C10H7FN. The number of nitrogens with zero attached hydrogens (tertiary/aromatic N) is 1. The number of hydrogen-bond acceptors (Lipinski definition) is 0. The Kier molecular flexibility index (Phi) is 1.67. The van der Waals surface area contributed by atoms with E-state index in [1.807, 2.05) is 0 Å². The molecule has 1 radical (unpaired) electrons. The van der Waals surface area contributed by atoms with Gasteiger partial charge in [0.1, 0.15) is 5.82 Å². The topological polar surface area (TPSA) is 4.93 Å². The second-order valence-electron chi connectivity index (χ2n) is 2.47. The number of para-hydroxylation sites is 1. The summed E-state index contributed by atoms with van der Waals surface area (Å²) in [5.74, 6) is -0.220. The minimum absolute atomic E-state index is 0.220. The van der Waals surface area contributed by atoms with Crippen LogP contribution in [0.15, 0.2) is 42.7 Å². The Morgan fingerprint density at radius 1 is 1.25 bits per heavy atom. The van der Waals surface area contributed by atoms with Crippen LogP contribution in [0.4, 0.5) is 4.39 Å². The second kappa shape index (κ2) is 2.81. The first-order valence-corrected chi connectivity index (χ1v) is 3.67. The number of rotatable bonds is 1. The summed E-state index contributed by atoms with van der Waals surface area (Å²) >= 11 is 0. The van der Waals surface area contributed by atoms with Crippen molar-refractivity contribution in [1.29, 1.82) is 0 Å². The van der Waals surface area contributed by atoms with Crippen LogP contribution in [0.25, 0.3) is 5.69 Å².